The molecule has 0 aliphatic carbocycles. The lowest BCUT2D eigenvalue weighted by Gasteiger charge is -2.07. The summed E-state index contributed by atoms with van der Waals surface area (Å²) in [5.74, 6) is -0.275. The van der Waals surface area contributed by atoms with Crippen LogP contribution >= 0.6 is 0 Å². The number of nitrogens with one attached hydrogen (secondary N) is 1. The van der Waals surface area contributed by atoms with E-state index in [1.54, 1.807) is 12.3 Å². The summed E-state index contributed by atoms with van der Waals surface area (Å²) in [7, 11) is 0. The van der Waals surface area contributed by atoms with Gasteiger partial charge in [-0.1, -0.05) is 12.7 Å². The zero-order valence-electron chi connectivity index (χ0n) is 9.33. The first-order valence-electron chi connectivity index (χ1n) is 5.11. The third kappa shape index (κ3) is 3.05. The second-order valence-electron chi connectivity index (χ2n) is 3.72. The SMILES string of the molecule is C=Cc1c(CC(N)CO)c[nH]c1C=C(C)F. The van der Waals surface area contributed by atoms with Gasteiger partial charge in [-0.15, -0.1) is 0 Å². The summed E-state index contributed by atoms with van der Waals surface area (Å²) in [5.41, 5.74) is 8.10. The number of H-pyrrole nitrogens is 1. The molecule has 0 saturated carbocycles. The average molecular weight is 224 g/mol. The smallest absolute Gasteiger partial charge is 0.0989 e. The molecule has 0 radical (unpaired) electrons. The van der Waals surface area contributed by atoms with E-state index in [0.29, 0.717) is 12.1 Å². The number of aromatic amines is 1. The number of rotatable bonds is 5. The van der Waals surface area contributed by atoms with Gasteiger partial charge in [0.1, 0.15) is 0 Å². The number of aromatic nitrogens is 1. The summed E-state index contributed by atoms with van der Waals surface area (Å²) in [6.07, 6.45) is 5.37. The van der Waals surface area contributed by atoms with E-state index in [9.17, 15) is 4.39 Å². The molecule has 0 spiro atoms. The van der Waals surface area contributed by atoms with Gasteiger partial charge in [-0.05, 0) is 25.0 Å². The molecule has 1 aromatic rings. The molecule has 88 valence electrons. The minimum Gasteiger partial charge on any atom is -0.395 e. The van der Waals surface area contributed by atoms with Gasteiger partial charge < -0.3 is 15.8 Å². The number of halogens is 1. The van der Waals surface area contributed by atoms with Crippen LogP contribution in [0.5, 0.6) is 0 Å². The molecule has 1 heterocycles. The van der Waals surface area contributed by atoms with Crippen molar-refractivity contribution in [3.63, 3.8) is 0 Å². The molecule has 0 fully saturated rings. The van der Waals surface area contributed by atoms with Crippen molar-refractivity contribution in [1.82, 2.24) is 4.98 Å². The van der Waals surface area contributed by atoms with Gasteiger partial charge in [-0.25, -0.2) is 4.39 Å². The van der Waals surface area contributed by atoms with Crippen LogP contribution < -0.4 is 5.73 Å². The summed E-state index contributed by atoms with van der Waals surface area (Å²) < 4.78 is 12.8. The quantitative estimate of drug-likeness (QED) is 0.714. The van der Waals surface area contributed by atoms with Crippen molar-refractivity contribution in [1.29, 1.82) is 0 Å². The zero-order chi connectivity index (χ0) is 12.1. The Labute approximate surface area is 94.5 Å². The van der Waals surface area contributed by atoms with Crippen molar-refractivity contribution in [3.05, 3.63) is 35.4 Å². The van der Waals surface area contributed by atoms with Crippen LogP contribution in [0.2, 0.25) is 0 Å². The lowest BCUT2D eigenvalue weighted by Crippen LogP contribution is -2.26. The standard InChI is InChI=1S/C12H17FN2O/c1-3-11-9(5-10(14)7-16)6-15-12(11)4-8(2)13/h3-4,6,10,15-16H,1,5,7,14H2,2H3. The molecule has 1 atom stereocenters. The Morgan fingerprint density at radius 3 is 2.94 bits per heavy atom. The Morgan fingerprint density at radius 2 is 2.44 bits per heavy atom. The predicted molar refractivity (Wildman–Crippen MR) is 64.4 cm³/mol. The number of nitrogens with two attached hydrogens (primary N) is 1. The monoisotopic (exact) mass is 224 g/mol. The molecular weight excluding hydrogens is 207 g/mol. The van der Waals surface area contributed by atoms with E-state index in [1.807, 2.05) is 0 Å². The lowest BCUT2D eigenvalue weighted by molar-refractivity contribution is 0.265. The zero-order valence-corrected chi connectivity index (χ0v) is 9.33. The van der Waals surface area contributed by atoms with Crippen molar-refractivity contribution in [2.45, 2.75) is 19.4 Å². The first-order chi connectivity index (χ1) is 7.58. The molecule has 3 nitrogen and oxygen atoms in total. The van der Waals surface area contributed by atoms with Gasteiger partial charge >= 0.3 is 0 Å². The normalized spacial score (nSPS) is 13.9. The van der Waals surface area contributed by atoms with Crippen molar-refractivity contribution in [2.24, 2.45) is 5.73 Å². The maximum absolute atomic E-state index is 12.8. The van der Waals surface area contributed by atoms with Gasteiger partial charge in [0.05, 0.1) is 12.4 Å². The van der Waals surface area contributed by atoms with Crippen LogP contribution in [0.25, 0.3) is 12.2 Å². The molecule has 0 aliphatic rings. The fourth-order valence-electron chi connectivity index (χ4n) is 1.57. The van der Waals surface area contributed by atoms with E-state index in [-0.39, 0.29) is 18.5 Å². The van der Waals surface area contributed by atoms with Crippen molar-refractivity contribution >= 4 is 12.2 Å². The van der Waals surface area contributed by atoms with Gasteiger partial charge in [0.15, 0.2) is 0 Å². The summed E-state index contributed by atoms with van der Waals surface area (Å²) in [6, 6.07) is -0.308. The van der Waals surface area contributed by atoms with Gasteiger partial charge in [0, 0.05) is 23.5 Å². The molecule has 4 N–H and O–H groups in total. The Morgan fingerprint density at radius 1 is 1.75 bits per heavy atom. The highest BCUT2D eigenvalue weighted by Crippen LogP contribution is 2.19. The molecule has 0 saturated heterocycles. The van der Waals surface area contributed by atoms with Crippen LogP contribution in [-0.4, -0.2) is 22.7 Å². The van der Waals surface area contributed by atoms with Crippen molar-refractivity contribution < 1.29 is 9.50 Å². The van der Waals surface area contributed by atoms with E-state index in [4.69, 9.17) is 10.8 Å². The summed E-state index contributed by atoms with van der Waals surface area (Å²) in [6.45, 7) is 5.00. The molecule has 1 rings (SSSR count). The first kappa shape index (κ1) is 12.7. The van der Waals surface area contributed by atoms with Crippen LogP contribution in [0.1, 0.15) is 23.7 Å². The highest BCUT2D eigenvalue weighted by Gasteiger charge is 2.10. The molecule has 16 heavy (non-hydrogen) atoms. The van der Waals surface area contributed by atoms with E-state index in [0.717, 1.165) is 11.1 Å². The highest BCUT2D eigenvalue weighted by molar-refractivity contribution is 5.65. The average Bonchev–Trinajstić information content (AvgIpc) is 2.59. The fraction of sp³-hybridized carbons (Fsp3) is 0.333. The minimum absolute atomic E-state index is 0.0743. The molecular formula is C12H17FN2O. The van der Waals surface area contributed by atoms with Crippen molar-refractivity contribution in [3.8, 4) is 0 Å². The van der Waals surface area contributed by atoms with Crippen LogP contribution in [0.15, 0.2) is 18.6 Å². The number of hydrogen-bond acceptors (Lipinski definition) is 2. The number of allylic oxidation sites excluding steroid dienone is 1. The number of hydrogen-bond donors (Lipinski definition) is 3. The topological polar surface area (TPSA) is 62.0 Å². The maximum Gasteiger partial charge on any atom is 0.0989 e. The van der Waals surface area contributed by atoms with Gasteiger partial charge in [-0.3, -0.25) is 0 Å². The third-order valence-electron chi connectivity index (χ3n) is 2.30. The van der Waals surface area contributed by atoms with E-state index in [1.165, 1.54) is 13.0 Å². The molecule has 0 aromatic carbocycles. The van der Waals surface area contributed by atoms with Gasteiger partial charge in [0.2, 0.25) is 0 Å². The molecule has 0 amide bonds. The lowest BCUT2D eigenvalue weighted by atomic mass is 10.0. The molecule has 0 bridgehead atoms. The first-order valence-corrected chi connectivity index (χ1v) is 5.11. The summed E-state index contributed by atoms with van der Waals surface area (Å²) in [5, 5.41) is 8.88. The largest absolute Gasteiger partial charge is 0.395 e. The third-order valence-corrected chi connectivity index (χ3v) is 2.30. The van der Waals surface area contributed by atoms with E-state index >= 15 is 0 Å². The van der Waals surface area contributed by atoms with Crippen LogP contribution in [0.4, 0.5) is 4.39 Å². The maximum atomic E-state index is 12.8. The molecule has 1 unspecified atom stereocenters. The minimum atomic E-state index is -0.308. The predicted octanol–water partition coefficient (Wildman–Crippen LogP) is 1.85. The summed E-state index contributed by atoms with van der Waals surface area (Å²) in [4.78, 5) is 2.96. The second kappa shape index (κ2) is 5.63. The Hall–Kier alpha value is -1.39. The van der Waals surface area contributed by atoms with E-state index < -0.39 is 0 Å². The molecule has 0 aliphatic heterocycles. The Kier molecular flexibility index (Phi) is 4.46. The summed E-state index contributed by atoms with van der Waals surface area (Å²) >= 11 is 0. The van der Waals surface area contributed by atoms with Crippen LogP contribution in [0, 0.1) is 0 Å². The fourth-order valence-corrected chi connectivity index (χ4v) is 1.57. The number of aliphatic hydroxyl groups excluding tert-OH is 1. The van der Waals surface area contributed by atoms with Gasteiger partial charge in [0.25, 0.3) is 0 Å². The van der Waals surface area contributed by atoms with Crippen molar-refractivity contribution in [2.75, 3.05) is 6.61 Å². The number of aliphatic hydroxyl groups is 1. The second-order valence-corrected chi connectivity index (χ2v) is 3.72. The molecule has 4 heteroatoms. The Balaban J connectivity index is 2.99. The van der Waals surface area contributed by atoms with Crippen LogP contribution in [-0.2, 0) is 6.42 Å². The Bertz CT molecular complexity index is 392. The molecule has 1 aromatic heterocycles. The van der Waals surface area contributed by atoms with Crippen LogP contribution in [0.3, 0.4) is 0 Å². The van der Waals surface area contributed by atoms with E-state index in [2.05, 4.69) is 11.6 Å². The van der Waals surface area contributed by atoms with Gasteiger partial charge in [-0.2, -0.15) is 0 Å². The highest BCUT2D eigenvalue weighted by atomic mass is 19.1.